The number of methoxy groups -OCH3 is 1. The highest BCUT2D eigenvalue weighted by atomic mass is 16.5. The number of rotatable bonds is 3. The van der Waals surface area contributed by atoms with Crippen LogP contribution in [-0.4, -0.2) is 12.1 Å². The van der Waals surface area contributed by atoms with Crippen molar-refractivity contribution in [3.05, 3.63) is 47.7 Å². The molecule has 17 heavy (non-hydrogen) atoms. The van der Waals surface area contributed by atoms with Crippen LogP contribution < -0.4 is 16.2 Å². The zero-order valence-corrected chi connectivity index (χ0v) is 9.68. The molecule has 0 saturated carbocycles. The number of pyridine rings is 1. The molecular weight excluding hydrogens is 214 g/mol. The first-order valence-electron chi connectivity index (χ1n) is 5.32. The van der Waals surface area contributed by atoms with E-state index in [1.165, 1.54) is 0 Å². The monoisotopic (exact) mass is 229 g/mol. The largest absolute Gasteiger partial charge is 0.497 e. The summed E-state index contributed by atoms with van der Waals surface area (Å²) in [6, 6.07) is 9.55. The predicted molar refractivity (Wildman–Crippen MR) is 68.9 cm³/mol. The van der Waals surface area contributed by atoms with Crippen molar-refractivity contribution < 1.29 is 4.74 Å². The fourth-order valence-corrected chi connectivity index (χ4v) is 1.67. The summed E-state index contributed by atoms with van der Waals surface area (Å²) in [6.07, 6.45) is 2.43. The van der Waals surface area contributed by atoms with Crippen molar-refractivity contribution in [3.8, 4) is 5.75 Å². The molecule has 0 spiro atoms. The number of nitrogen functional groups attached to an aromatic ring is 2. The third-order valence-corrected chi connectivity index (χ3v) is 2.57. The van der Waals surface area contributed by atoms with Gasteiger partial charge in [-0.3, -0.25) is 0 Å². The Morgan fingerprint density at radius 3 is 2.76 bits per heavy atom. The lowest BCUT2D eigenvalue weighted by molar-refractivity contribution is 0.414. The Labute approximate surface area is 100 Å². The lowest BCUT2D eigenvalue weighted by Crippen LogP contribution is -2.00. The van der Waals surface area contributed by atoms with Gasteiger partial charge in [-0.15, -0.1) is 0 Å². The minimum atomic E-state index is 0.442. The van der Waals surface area contributed by atoms with Crippen LogP contribution in [-0.2, 0) is 6.42 Å². The molecule has 2 aromatic rings. The average molecular weight is 229 g/mol. The smallest absolute Gasteiger partial charge is 0.125 e. The molecule has 88 valence electrons. The van der Waals surface area contributed by atoms with E-state index in [0.29, 0.717) is 11.5 Å². The zero-order chi connectivity index (χ0) is 12.3. The Kier molecular flexibility index (Phi) is 3.14. The fraction of sp³-hybridized carbons (Fsp3) is 0.154. The second-order valence-electron chi connectivity index (χ2n) is 3.84. The van der Waals surface area contributed by atoms with Crippen LogP contribution in [0.3, 0.4) is 0 Å². The number of hydrogen-bond acceptors (Lipinski definition) is 4. The molecule has 0 atom stereocenters. The maximum Gasteiger partial charge on any atom is 0.125 e. The molecule has 0 saturated heterocycles. The Bertz CT molecular complexity index is 526. The van der Waals surface area contributed by atoms with Crippen molar-refractivity contribution in [2.45, 2.75) is 6.42 Å². The molecule has 4 N–H and O–H groups in total. The molecule has 4 nitrogen and oxygen atoms in total. The minimum Gasteiger partial charge on any atom is -0.497 e. The number of nitrogens with zero attached hydrogens (tertiary/aromatic N) is 1. The molecule has 4 heteroatoms. The summed E-state index contributed by atoms with van der Waals surface area (Å²) < 4.78 is 5.18. The van der Waals surface area contributed by atoms with Crippen LogP contribution in [0.2, 0.25) is 0 Å². The molecule has 1 aromatic carbocycles. The molecule has 0 fully saturated rings. The van der Waals surface area contributed by atoms with Crippen molar-refractivity contribution in [2.75, 3.05) is 18.6 Å². The quantitative estimate of drug-likeness (QED) is 0.842. The van der Waals surface area contributed by atoms with Crippen LogP contribution in [0.1, 0.15) is 11.1 Å². The molecule has 0 unspecified atom stereocenters. The third kappa shape index (κ3) is 2.66. The number of benzene rings is 1. The van der Waals surface area contributed by atoms with Crippen molar-refractivity contribution >= 4 is 11.5 Å². The Morgan fingerprint density at radius 1 is 1.24 bits per heavy atom. The van der Waals surface area contributed by atoms with Gasteiger partial charge in [0.1, 0.15) is 11.6 Å². The number of aromatic nitrogens is 1. The fourth-order valence-electron chi connectivity index (χ4n) is 1.67. The topological polar surface area (TPSA) is 74.2 Å². The molecular formula is C13H15N3O. The van der Waals surface area contributed by atoms with Crippen LogP contribution in [0.15, 0.2) is 36.5 Å². The van der Waals surface area contributed by atoms with Crippen LogP contribution in [0, 0.1) is 0 Å². The molecule has 1 heterocycles. The van der Waals surface area contributed by atoms with Gasteiger partial charge in [-0.05, 0) is 23.3 Å². The number of nitrogens with two attached hydrogens (primary N) is 2. The van der Waals surface area contributed by atoms with Gasteiger partial charge in [-0.1, -0.05) is 12.1 Å². The first-order valence-corrected chi connectivity index (χ1v) is 5.32. The SMILES string of the molecule is COc1cccc(Cc2cnc(N)cc2N)c1. The molecule has 0 amide bonds. The van der Waals surface area contributed by atoms with E-state index in [2.05, 4.69) is 4.98 Å². The lowest BCUT2D eigenvalue weighted by Gasteiger charge is -2.07. The van der Waals surface area contributed by atoms with Gasteiger partial charge in [0.15, 0.2) is 0 Å². The zero-order valence-electron chi connectivity index (χ0n) is 9.68. The highest BCUT2D eigenvalue weighted by Gasteiger charge is 2.03. The maximum absolute atomic E-state index is 5.89. The van der Waals surface area contributed by atoms with E-state index in [1.54, 1.807) is 19.4 Å². The van der Waals surface area contributed by atoms with E-state index >= 15 is 0 Å². The van der Waals surface area contributed by atoms with Crippen molar-refractivity contribution in [3.63, 3.8) is 0 Å². The highest BCUT2D eigenvalue weighted by Crippen LogP contribution is 2.20. The molecule has 0 bridgehead atoms. The summed E-state index contributed by atoms with van der Waals surface area (Å²) in [5, 5.41) is 0. The van der Waals surface area contributed by atoms with Crippen molar-refractivity contribution in [1.29, 1.82) is 0 Å². The van der Waals surface area contributed by atoms with Gasteiger partial charge in [0.2, 0.25) is 0 Å². The second-order valence-corrected chi connectivity index (χ2v) is 3.84. The highest BCUT2D eigenvalue weighted by molar-refractivity contribution is 5.53. The normalized spacial score (nSPS) is 10.2. The summed E-state index contributed by atoms with van der Waals surface area (Å²) in [5.74, 6) is 1.28. The van der Waals surface area contributed by atoms with Gasteiger partial charge in [-0.25, -0.2) is 4.98 Å². The van der Waals surface area contributed by atoms with E-state index < -0.39 is 0 Å². The Balaban J connectivity index is 2.25. The summed E-state index contributed by atoms with van der Waals surface area (Å²) in [6.45, 7) is 0. The summed E-state index contributed by atoms with van der Waals surface area (Å²) >= 11 is 0. The Hall–Kier alpha value is -2.23. The van der Waals surface area contributed by atoms with E-state index in [0.717, 1.165) is 23.3 Å². The molecule has 0 radical (unpaired) electrons. The number of hydrogen-bond donors (Lipinski definition) is 2. The number of ether oxygens (including phenoxy) is 1. The maximum atomic E-state index is 5.89. The van der Waals surface area contributed by atoms with Gasteiger partial charge in [0, 0.05) is 24.4 Å². The molecule has 0 aliphatic rings. The third-order valence-electron chi connectivity index (χ3n) is 2.57. The minimum absolute atomic E-state index is 0.442. The summed E-state index contributed by atoms with van der Waals surface area (Å²) in [4.78, 5) is 4.05. The van der Waals surface area contributed by atoms with Crippen LogP contribution in [0.4, 0.5) is 11.5 Å². The van der Waals surface area contributed by atoms with Gasteiger partial charge in [-0.2, -0.15) is 0 Å². The van der Waals surface area contributed by atoms with E-state index in [9.17, 15) is 0 Å². The number of anilines is 2. The lowest BCUT2D eigenvalue weighted by atomic mass is 10.1. The van der Waals surface area contributed by atoms with Crippen molar-refractivity contribution in [1.82, 2.24) is 4.98 Å². The van der Waals surface area contributed by atoms with Gasteiger partial charge < -0.3 is 16.2 Å². The second kappa shape index (κ2) is 4.74. The molecule has 0 aliphatic heterocycles. The van der Waals surface area contributed by atoms with Crippen LogP contribution in [0.25, 0.3) is 0 Å². The van der Waals surface area contributed by atoms with Crippen LogP contribution >= 0.6 is 0 Å². The first kappa shape index (κ1) is 11.3. The van der Waals surface area contributed by atoms with Gasteiger partial charge in [0.25, 0.3) is 0 Å². The molecule has 2 rings (SSSR count). The molecule has 0 aliphatic carbocycles. The summed E-state index contributed by atoms with van der Waals surface area (Å²) in [5.41, 5.74) is 14.2. The van der Waals surface area contributed by atoms with Crippen LogP contribution in [0.5, 0.6) is 5.75 Å². The summed E-state index contributed by atoms with van der Waals surface area (Å²) in [7, 11) is 1.65. The van der Waals surface area contributed by atoms with Crippen molar-refractivity contribution in [2.24, 2.45) is 0 Å². The van der Waals surface area contributed by atoms with Gasteiger partial charge >= 0.3 is 0 Å². The first-order chi connectivity index (χ1) is 8.19. The molecule has 1 aromatic heterocycles. The standard InChI is InChI=1S/C13H15N3O/c1-17-11-4-2-3-9(6-11)5-10-8-16-13(15)7-12(10)14/h2-4,6-8H,5H2,1H3,(H4,14,15,16). The van der Waals surface area contributed by atoms with E-state index in [-0.39, 0.29) is 0 Å². The van der Waals surface area contributed by atoms with E-state index in [1.807, 2.05) is 24.3 Å². The Morgan fingerprint density at radius 2 is 2.06 bits per heavy atom. The predicted octanol–water partition coefficient (Wildman–Crippen LogP) is 1.85. The van der Waals surface area contributed by atoms with E-state index in [4.69, 9.17) is 16.2 Å². The average Bonchev–Trinajstić information content (AvgIpc) is 2.33. The van der Waals surface area contributed by atoms with Gasteiger partial charge in [0.05, 0.1) is 7.11 Å².